The molecule has 0 bridgehead atoms. The maximum absolute atomic E-state index is 13.8. The lowest BCUT2D eigenvalue weighted by molar-refractivity contribution is -0.149. The SMILES string of the molecule is COc1ccc(C2NC(=S)NC(c3ccc(OC)c(OC)c3)C23C(=O)CCCC3=O)cc1OC. The van der Waals surface area contributed by atoms with E-state index in [2.05, 4.69) is 10.6 Å². The fourth-order valence-electron chi connectivity index (χ4n) is 5.08. The topological polar surface area (TPSA) is 95.1 Å². The second-order valence-corrected chi connectivity index (χ2v) is 8.69. The first-order valence-electron chi connectivity index (χ1n) is 11.0. The number of nitrogens with one attached hydrogen (secondary N) is 2. The van der Waals surface area contributed by atoms with Crippen molar-refractivity contribution in [2.24, 2.45) is 5.41 Å². The summed E-state index contributed by atoms with van der Waals surface area (Å²) in [7, 11) is 6.19. The third-order valence-electron chi connectivity index (χ3n) is 6.67. The summed E-state index contributed by atoms with van der Waals surface area (Å²) < 4.78 is 21.7. The van der Waals surface area contributed by atoms with E-state index in [4.69, 9.17) is 31.2 Å². The summed E-state index contributed by atoms with van der Waals surface area (Å²) in [5.41, 5.74) is -0.00843. The molecule has 2 fully saturated rings. The number of thiocarbonyl (C=S) groups is 1. The molecule has 2 aromatic carbocycles. The van der Waals surface area contributed by atoms with Crippen molar-refractivity contribution in [2.75, 3.05) is 28.4 Å². The molecular weight excluding hydrogens is 456 g/mol. The van der Waals surface area contributed by atoms with Crippen molar-refractivity contribution in [3.05, 3.63) is 47.5 Å². The van der Waals surface area contributed by atoms with Crippen LogP contribution in [-0.4, -0.2) is 45.1 Å². The summed E-state index contributed by atoms with van der Waals surface area (Å²) in [6.07, 6.45) is 1.13. The zero-order valence-electron chi connectivity index (χ0n) is 19.6. The van der Waals surface area contributed by atoms with Crippen molar-refractivity contribution < 1.29 is 28.5 Å². The fourth-order valence-corrected chi connectivity index (χ4v) is 5.31. The molecule has 1 aliphatic carbocycles. The average Bonchev–Trinajstić information content (AvgIpc) is 2.86. The number of Topliss-reactive ketones (excluding diaryl/α,β-unsaturated/α-hetero) is 2. The Labute approximate surface area is 203 Å². The van der Waals surface area contributed by atoms with E-state index in [9.17, 15) is 9.59 Å². The number of ether oxygens (including phenoxy) is 4. The molecule has 1 saturated heterocycles. The van der Waals surface area contributed by atoms with Crippen molar-refractivity contribution in [1.29, 1.82) is 0 Å². The number of hydrogen-bond donors (Lipinski definition) is 2. The molecule has 1 saturated carbocycles. The lowest BCUT2D eigenvalue weighted by Crippen LogP contribution is -2.65. The van der Waals surface area contributed by atoms with Gasteiger partial charge >= 0.3 is 0 Å². The fraction of sp³-hybridized carbons (Fsp3) is 0.400. The van der Waals surface area contributed by atoms with Gasteiger partial charge in [0.05, 0.1) is 40.5 Å². The predicted molar refractivity (Wildman–Crippen MR) is 130 cm³/mol. The highest BCUT2D eigenvalue weighted by atomic mass is 32.1. The normalized spacial score (nSPS) is 21.5. The number of hydrogen-bond acceptors (Lipinski definition) is 7. The Morgan fingerprint density at radius 3 is 1.53 bits per heavy atom. The number of carbonyl (C=O) groups is 2. The first kappa shape index (κ1) is 23.8. The monoisotopic (exact) mass is 484 g/mol. The van der Waals surface area contributed by atoms with Crippen LogP contribution in [0.15, 0.2) is 36.4 Å². The first-order valence-corrected chi connectivity index (χ1v) is 11.4. The van der Waals surface area contributed by atoms with Crippen molar-refractivity contribution in [2.45, 2.75) is 31.3 Å². The highest BCUT2D eigenvalue weighted by Crippen LogP contribution is 2.53. The van der Waals surface area contributed by atoms with Gasteiger partial charge < -0.3 is 29.6 Å². The number of methoxy groups -OCH3 is 4. The van der Waals surface area contributed by atoms with E-state index in [0.717, 1.165) is 0 Å². The van der Waals surface area contributed by atoms with E-state index >= 15 is 0 Å². The van der Waals surface area contributed by atoms with Crippen LogP contribution >= 0.6 is 12.2 Å². The Morgan fingerprint density at radius 1 is 0.735 bits per heavy atom. The lowest BCUT2D eigenvalue weighted by Gasteiger charge is -2.50. The van der Waals surface area contributed by atoms with Crippen molar-refractivity contribution in [3.8, 4) is 23.0 Å². The number of benzene rings is 2. The van der Waals surface area contributed by atoms with Gasteiger partial charge in [-0.2, -0.15) is 0 Å². The van der Waals surface area contributed by atoms with Crippen LogP contribution in [-0.2, 0) is 9.59 Å². The van der Waals surface area contributed by atoms with Gasteiger partial charge in [0.15, 0.2) is 39.7 Å². The van der Waals surface area contributed by atoms with Crippen molar-refractivity contribution in [1.82, 2.24) is 10.6 Å². The molecule has 0 amide bonds. The highest BCUT2D eigenvalue weighted by Gasteiger charge is 2.61. The van der Waals surface area contributed by atoms with Crippen LogP contribution in [0.4, 0.5) is 0 Å². The second kappa shape index (κ2) is 9.50. The Bertz CT molecular complexity index is 1050. The van der Waals surface area contributed by atoms with Gasteiger partial charge in [-0.25, -0.2) is 0 Å². The zero-order valence-corrected chi connectivity index (χ0v) is 20.4. The largest absolute Gasteiger partial charge is 0.493 e. The molecule has 1 heterocycles. The third kappa shape index (κ3) is 3.73. The Balaban J connectivity index is 1.93. The quantitative estimate of drug-likeness (QED) is 0.473. The molecule has 0 aromatic heterocycles. The zero-order chi connectivity index (χ0) is 24.5. The summed E-state index contributed by atoms with van der Waals surface area (Å²) in [5.74, 6) is 1.83. The molecule has 1 spiro atoms. The van der Waals surface area contributed by atoms with Gasteiger partial charge in [-0.15, -0.1) is 0 Å². The Kier molecular flexibility index (Phi) is 6.65. The smallest absolute Gasteiger partial charge is 0.167 e. The maximum atomic E-state index is 13.8. The minimum absolute atomic E-state index is 0.134. The standard InChI is InChI=1S/C25H28N2O6S/c1-30-16-10-8-14(12-18(16)32-3)22-25(20(28)6-5-7-21(25)29)23(27-24(34)26-22)15-9-11-17(31-2)19(13-15)33-4/h8-13,22-23H,5-7H2,1-4H3,(H2,26,27,34). The number of ketones is 2. The summed E-state index contributed by atoms with van der Waals surface area (Å²) in [4.78, 5) is 27.5. The molecular formula is C25H28N2O6S. The van der Waals surface area contributed by atoms with Gasteiger partial charge in [0.25, 0.3) is 0 Å². The van der Waals surface area contributed by atoms with Crippen LogP contribution in [0.1, 0.15) is 42.5 Å². The molecule has 8 nitrogen and oxygen atoms in total. The van der Waals surface area contributed by atoms with Crippen LogP contribution in [0.5, 0.6) is 23.0 Å². The highest BCUT2D eigenvalue weighted by molar-refractivity contribution is 7.80. The Hall–Kier alpha value is -3.33. The summed E-state index contributed by atoms with van der Waals surface area (Å²) in [6.45, 7) is 0. The Morgan fingerprint density at radius 2 is 1.15 bits per heavy atom. The summed E-state index contributed by atoms with van der Waals surface area (Å²) in [6, 6.07) is 9.36. The number of rotatable bonds is 6. The lowest BCUT2D eigenvalue weighted by atomic mass is 9.59. The van der Waals surface area contributed by atoms with E-state index in [1.54, 1.807) is 52.7 Å². The molecule has 4 rings (SSSR count). The van der Waals surface area contributed by atoms with E-state index in [-0.39, 0.29) is 11.6 Å². The van der Waals surface area contributed by atoms with Gasteiger partial charge in [0.1, 0.15) is 5.41 Å². The molecule has 180 valence electrons. The molecule has 2 unspecified atom stereocenters. The van der Waals surface area contributed by atoms with Crippen molar-refractivity contribution >= 4 is 28.9 Å². The van der Waals surface area contributed by atoms with Gasteiger partial charge in [-0.1, -0.05) is 12.1 Å². The first-order chi connectivity index (χ1) is 16.4. The maximum Gasteiger partial charge on any atom is 0.167 e. The van der Waals surface area contributed by atoms with Gasteiger partial charge in [0.2, 0.25) is 0 Å². The third-order valence-corrected chi connectivity index (χ3v) is 6.91. The van der Waals surface area contributed by atoms with Crippen molar-refractivity contribution in [3.63, 3.8) is 0 Å². The molecule has 2 atom stereocenters. The molecule has 34 heavy (non-hydrogen) atoms. The predicted octanol–water partition coefficient (Wildman–Crippen LogP) is 3.29. The van der Waals surface area contributed by atoms with E-state index < -0.39 is 17.5 Å². The van der Waals surface area contributed by atoms with Crippen LogP contribution in [0.3, 0.4) is 0 Å². The second-order valence-electron chi connectivity index (χ2n) is 8.28. The molecule has 2 aliphatic rings. The molecule has 2 N–H and O–H groups in total. The minimum atomic E-state index is -1.42. The molecule has 2 aromatic rings. The van der Waals surface area contributed by atoms with E-state index in [0.29, 0.717) is 58.5 Å². The molecule has 1 aliphatic heterocycles. The van der Waals surface area contributed by atoms with Gasteiger partial charge in [0, 0.05) is 12.8 Å². The molecule has 0 radical (unpaired) electrons. The number of carbonyl (C=O) groups excluding carboxylic acids is 2. The van der Waals surface area contributed by atoms with E-state index in [1.807, 2.05) is 12.1 Å². The van der Waals surface area contributed by atoms with Crippen LogP contribution in [0, 0.1) is 5.41 Å². The summed E-state index contributed by atoms with van der Waals surface area (Å²) >= 11 is 5.55. The van der Waals surface area contributed by atoms with Crippen LogP contribution in [0.2, 0.25) is 0 Å². The van der Waals surface area contributed by atoms with Crippen LogP contribution < -0.4 is 29.6 Å². The van der Waals surface area contributed by atoms with Gasteiger partial charge in [-0.05, 0) is 54.0 Å². The molecule has 9 heteroatoms. The van der Waals surface area contributed by atoms with Gasteiger partial charge in [-0.3, -0.25) is 9.59 Å². The summed E-state index contributed by atoms with van der Waals surface area (Å²) in [5, 5.41) is 6.78. The average molecular weight is 485 g/mol. The van der Waals surface area contributed by atoms with Crippen LogP contribution in [0.25, 0.3) is 0 Å². The minimum Gasteiger partial charge on any atom is -0.493 e. The van der Waals surface area contributed by atoms with E-state index in [1.165, 1.54) is 0 Å².